The molecule has 1 unspecified atom stereocenters. The summed E-state index contributed by atoms with van der Waals surface area (Å²) in [5.41, 5.74) is 2.27. The fourth-order valence-electron chi connectivity index (χ4n) is 4.45. The molecule has 0 bridgehead atoms. The average molecular weight is 430 g/mol. The van der Waals surface area contributed by atoms with Gasteiger partial charge in [-0.2, -0.15) is 5.10 Å². The lowest BCUT2D eigenvalue weighted by Gasteiger charge is -2.34. The maximum absolute atomic E-state index is 13.6. The minimum Gasteiger partial charge on any atom is -0.329 e. The van der Waals surface area contributed by atoms with Crippen molar-refractivity contribution in [2.24, 2.45) is 0 Å². The lowest BCUT2D eigenvalue weighted by Crippen LogP contribution is -2.38. The molecule has 7 nitrogen and oxygen atoms in total. The molecule has 1 aliphatic heterocycles. The SMILES string of the molecule is O=C(c1cnn2c1[nH]c(=O)c1ccccc12)N1CCCCC1c1nc2ccccc2s1. The van der Waals surface area contributed by atoms with Crippen LogP contribution in [0.15, 0.2) is 59.5 Å². The Labute approximate surface area is 181 Å². The summed E-state index contributed by atoms with van der Waals surface area (Å²) in [5.74, 6) is -0.120. The number of aromatic amines is 1. The van der Waals surface area contributed by atoms with Crippen molar-refractivity contribution in [2.75, 3.05) is 6.54 Å². The smallest absolute Gasteiger partial charge is 0.259 e. The normalized spacial score (nSPS) is 17.0. The van der Waals surface area contributed by atoms with Gasteiger partial charge in [0.1, 0.15) is 16.2 Å². The van der Waals surface area contributed by atoms with Gasteiger partial charge in [0.2, 0.25) is 0 Å². The average Bonchev–Trinajstić information content (AvgIpc) is 3.43. The summed E-state index contributed by atoms with van der Waals surface area (Å²) in [6.45, 7) is 0.661. The van der Waals surface area contributed by atoms with E-state index in [1.54, 1.807) is 28.1 Å². The van der Waals surface area contributed by atoms with Crippen LogP contribution in [0.4, 0.5) is 0 Å². The van der Waals surface area contributed by atoms with Gasteiger partial charge in [-0.15, -0.1) is 11.3 Å². The Morgan fingerprint density at radius 3 is 2.84 bits per heavy atom. The molecule has 0 radical (unpaired) electrons. The molecular formula is C23H19N5O2S. The highest BCUT2D eigenvalue weighted by atomic mass is 32.1. The molecule has 31 heavy (non-hydrogen) atoms. The number of piperidine rings is 1. The van der Waals surface area contributed by atoms with Gasteiger partial charge in [0.25, 0.3) is 11.5 Å². The topological polar surface area (TPSA) is 83.4 Å². The first-order valence-electron chi connectivity index (χ1n) is 10.4. The van der Waals surface area contributed by atoms with Gasteiger partial charge in [0.05, 0.1) is 33.4 Å². The first-order valence-corrected chi connectivity index (χ1v) is 11.2. The van der Waals surface area contributed by atoms with E-state index in [1.807, 2.05) is 41.3 Å². The number of carbonyl (C=O) groups excluding carboxylic acids is 1. The lowest BCUT2D eigenvalue weighted by atomic mass is 10.0. The number of thiazole rings is 1. The van der Waals surface area contributed by atoms with E-state index in [9.17, 15) is 9.59 Å². The van der Waals surface area contributed by atoms with E-state index >= 15 is 0 Å². The summed E-state index contributed by atoms with van der Waals surface area (Å²) in [5, 5.41) is 5.93. The highest BCUT2D eigenvalue weighted by Crippen LogP contribution is 2.36. The van der Waals surface area contributed by atoms with Crippen LogP contribution < -0.4 is 5.56 Å². The molecule has 6 rings (SSSR count). The highest BCUT2D eigenvalue weighted by molar-refractivity contribution is 7.18. The standard InChI is InChI=1S/C23H19N5O2S/c29-21-14-7-1-3-9-17(14)28-20(26-21)15(13-24-28)23(30)27-12-6-5-10-18(27)22-25-16-8-2-4-11-19(16)31-22/h1-4,7-9,11,13,18H,5-6,10,12H2,(H,26,29). The van der Waals surface area contributed by atoms with Crippen molar-refractivity contribution >= 4 is 44.0 Å². The van der Waals surface area contributed by atoms with Crippen molar-refractivity contribution < 1.29 is 4.79 Å². The van der Waals surface area contributed by atoms with Gasteiger partial charge in [0, 0.05) is 6.54 Å². The molecule has 5 aromatic rings. The Balaban J connectivity index is 1.45. The highest BCUT2D eigenvalue weighted by Gasteiger charge is 2.32. The molecule has 8 heteroatoms. The Bertz CT molecular complexity index is 1480. The molecule has 2 aromatic carbocycles. The number of hydrogen-bond acceptors (Lipinski definition) is 5. The van der Waals surface area contributed by atoms with E-state index in [-0.39, 0.29) is 17.5 Å². The van der Waals surface area contributed by atoms with Crippen LogP contribution in [0.5, 0.6) is 0 Å². The molecule has 1 fully saturated rings. The number of likely N-dealkylation sites (tertiary alicyclic amines) is 1. The minimum atomic E-state index is -0.223. The Morgan fingerprint density at radius 1 is 1.10 bits per heavy atom. The van der Waals surface area contributed by atoms with Gasteiger partial charge < -0.3 is 9.88 Å². The van der Waals surface area contributed by atoms with E-state index in [4.69, 9.17) is 4.98 Å². The number of rotatable bonds is 2. The van der Waals surface area contributed by atoms with Crippen molar-refractivity contribution in [3.63, 3.8) is 0 Å². The van der Waals surface area contributed by atoms with Crippen LogP contribution in [0, 0.1) is 0 Å². The number of benzene rings is 2. The van der Waals surface area contributed by atoms with Gasteiger partial charge in [-0.25, -0.2) is 9.50 Å². The number of carbonyl (C=O) groups is 1. The Morgan fingerprint density at radius 2 is 1.94 bits per heavy atom. The second kappa shape index (κ2) is 7.02. The van der Waals surface area contributed by atoms with Crippen molar-refractivity contribution in [3.8, 4) is 0 Å². The molecule has 3 aromatic heterocycles. The van der Waals surface area contributed by atoms with Crippen molar-refractivity contribution in [1.82, 2.24) is 24.5 Å². The van der Waals surface area contributed by atoms with Crippen LogP contribution in [-0.2, 0) is 0 Å². The molecule has 1 saturated heterocycles. The fraction of sp³-hybridized carbons (Fsp3) is 0.217. The molecule has 0 aliphatic carbocycles. The largest absolute Gasteiger partial charge is 0.329 e. The second-order valence-electron chi connectivity index (χ2n) is 7.82. The number of amides is 1. The molecule has 154 valence electrons. The molecule has 4 heterocycles. The van der Waals surface area contributed by atoms with Gasteiger partial charge in [-0.1, -0.05) is 24.3 Å². The van der Waals surface area contributed by atoms with E-state index in [1.165, 1.54) is 0 Å². The predicted molar refractivity (Wildman–Crippen MR) is 121 cm³/mol. The first-order chi connectivity index (χ1) is 15.2. The molecule has 1 amide bonds. The number of aromatic nitrogens is 4. The van der Waals surface area contributed by atoms with Gasteiger partial charge in [-0.3, -0.25) is 9.59 Å². The quantitative estimate of drug-likeness (QED) is 0.457. The first kappa shape index (κ1) is 18.3. The lowest BCUT2D eigenvalue weighted by molar-refractivity contribution is 0.0613. The van der Waals surface area contributed by atoms with Crippen LogP contribution in [0.2, 0.25) is 0 Å². The van der Waals surface area contributed by atoms with Crippen LogP contribution in [0.25, 0.3) is 26.8 Å². The maximum atomic E-state index is 13.6. The van der Waals surface area contributed by atoms with Crippen LogP contribution in [-0.4, -0.2) is 36.9 Å². The molecular weight excluding hydrogens is 410 g/mol. The van der Waals surface area contributed by atoms with E-state index in [0.717, 1.165) is 34.5 Å². The van der Waals surface area contributed by atoms with Crippen molar-refractivity contribution in [2.45, 2.75) is 25.3 Å². The van der Waals surface area contributed by atoms with Crippen LogP contribution in [0.3, 0.4) is 0 Å². The van der Waals surface area contributed by atoms with Crippen LogP contribution in [0.1, 0.15) is 40.7 Å². The van der Waals surface area contributed by atoms with Crippen molar-refractivity contribution in [3.05, 3.63) is 75.7 Å². The number of H-pyrrole nitrogens is 1. The third-order valence-electron chi connectivity index (χ3n) is 5.97. The van der Waals surface area contributed by atoms with Crippen LogP contribution >= 0.6 is 11.3 Å². The zero-order valence-corrected chi connectivity index (χ0v) is 17.4. The van der Waals surface area contributed by atoms with E-state index in [0.29, 0.717) is 28.7 Å². The number of fused-ring (bicyclic) bond motifs is 4. The van der Waals surface area contributed by atoms with Gasteiger partial charge in [0.15, 0.2) is 0 Å². The summed E-state index contributed by atoms with van der Waals surface area (Å²) >= 11 is 1.65. The Kier molecular flexibility index (Phi) is 4.14. The third kappa shape index (κ3) is 2.86. The fourth-order valence-corrected chi connectivity index (χ4v) is 5.57. The third-order valence-corrected chi connectivity index (χ3v) is 7.11. The summed E-state index contributed by atoms with van der Waals surface area (Å²) in [4.78, 5) is 35.8. The predicted octanol–water partition coefficient (Wildman–Crippen LogP) is 4.15. The number of nitrogens with one attached hydrogen (secondary N) is 1. The molecule has 0 spiro atoms. The monoisotopic (exact) mass is 429 g/mol. The van der Waals surface area contributed by atoms with E-state index < -0.39 is 0 Å². The number of para-hydroxylation sites is 2. The molecule has 0 saturated carbocycles. The van der Waals surface area contributed by atoms with Gasteiger partial charge >= 0.3 is 0 Å². The summed E-state index contributed by atoms with van der Waals surface area (Å²) in [6.07, 6.45) is 4.45. The number of hydrogen-bond donors (Lipinski definition) is 1. The molecule has 1 atom stereocenters. The maximum Gasteiger partial charge on any atom is 0.259 e. The summed E-state index contributed by atoms with van der Waals surface area (Å²) in [6, 6.07) is 15.3. The molecule has 1 N–H and O–H groups in total. The minimum absolute atomic E-state index is 0.0687. The van der Waals surface area contributed by atoms with E-state index in [2.05, 4.69) is 16.1 Å². The summed E-state index contributed by atoms with van der Waals surface area (Å²) in [7, 11) is 0. The summed E-state index contributed by atoms with van der Waals surface area (Å²) < 4.78 is 2.77. The zero-order chi connectivity index (χ0) is 20.9. The zero-order valence-electron chi connectivity index (χ0n) is 16.6. The van der Waals surface area contributed by atoms with Crippen molar-refractivity contribution in [1.29, 1.82) is 0 Å². The second-order valence-corrected chi connectivity index (χ2v) is 8.88. The Hall–Kier alpha value is -3.52. The molecule has 1 aliphatic rings. The van der Waals surface area contributed by atoms with Gasteiger partial charge in [-0.05, 0) is 43.5 Å². The number of nitrogens with zero attached hydrogens (tertiary/aromatic N) is 4.